The molecule has 0 aliphatic carbocycles. The summed E-state index contributed by atoms with van der Waals surface area (Å²) in [6.45, 7) is -1.91. The van der Waals surface area contributed by atoms with Gasteiger partial charge < -0.3 is 0 Å². The van der Waals surface area contributed by atoms with E-state index in [4.69, 9.17) is 0 Å². The predicted molar refractivity (Wildman–Crippen MR) is 68.0 cm³/mol. The standard InChI is InChI=1S/C13H10F4O3S/c14-12(15)13(16,17)8-20-21(18,19)11-7-3-5-9-4-1-2-6-10(9)11/h1-7,12H,8H2. The molecule has 8 heteroatoms. The lowest BCUT2D eigenvalue weighted by Gasteiger charge is -2.15. The minimum Gasteiger partial charge on any atom is -0.260 e. The number of benzene rings is 2. The van der Waals surface area contributed by atoms with E-state index in [1.54, 1.807) is 24.3 Å². The highest BCUT2D eigenvalue weighted by atomic mass is 32.2. The molecule has 21 heavy (non-hydrogen) atoms. The second-order valence-electron chi connectivity index (χ2n) is 4.26. The number of halogens is 4. The maximum atomic E-state index is 12.8. The Morgan fingerprint density at radius 2 is 1.67 bits per heavy atom. The van der Waals surface area contributed by atoms with E-state index in [1.807, 2.05) is 0 Å². The second kappa shape index (κ2) is 5.61. The van der Waals surface area contributed by atoms with Crippen LogP contribution >= 0.6 is 0 Å². The van der Waals surface area contributed by atoms with Crippen molar-refractivity contribution in [1.29, 1.82) is 0 Å². The Hall–Kier alpha value is -1.67. The average Bonchev–Trinajstić information content (AvgIpc) is 2.44. The predicted octanol–water partition coefficient (Wildman–Crippen LogP) is 3.45. The normalized spacial score (nSPS) is 13.0. The van der Waals surface area contributed by atoms with Crippen molar-refractivity contribution in [3.05, 3.63) is 42.5 Å². The first-order chi connectivity index (χ1) is 9.74. The topological polar surface area (TPSA) is 43.4 Å². The highest BCUT2D eigenvalue weighted by Crippen LogP contribution is 2.28. The van der Waals surface area contributed by atoms with Gasteiger partial charge in [0.05, 0.1) is 0 Å². The minimum atomic E-state index is -4.57. The molecular formula is C13H10F4O3S. The number of hydrogen-bond acceptors (Lipinski definition) is 3. The lowest BCUT2D eigenvalue weighted by atomic mass is 10.1. The highest BCUT2D eigenvalue weighted by Gasteiger charge is 2.42. The molecule has 0 saturated carbocycles. The molecule has 0 unspecified atom stereocenters. The van der Waals surface area contributed by atoms with Crippen molar-refractivity contribution in [3.8, 4) is 0 Å². The average molecular weight is 322 g/mol. The molecule has 2 rings (SSSR count). The van der Waals surface area contributed by atoms with Gasteiger partial charge in [0.15, 0.2) is 0 Å². The minimum absolute atomic E-state index is 0.264. The van der Waals surface area contributed by atoms with Gasteiger partial charge in [-0.05, 0) is 11.5 Å². The molecule has 0 aliphatic rings. The van der Waals surface area contributed by atoms with E-state index in [9.17, 15) is 26.0 Å². The molecule has 0 N–H and O–H groups in total. The van der Waals surface area contributed by atoms with E-state index in [0.717, 1.165) is 6.07 Å². The SMILES string of the molecule is O=S(=O)(OCC(F)(F)C(F)F)c1cccc2ccccc12. The zero-order valence-electron chi connectivity index (χ0n) is 10.5. The molecule has 0 heterocycles. The van der Waals surface area contributed by atoms with E-state index in [2.05, 4.69) is 4.18 Å². The van der Waals surface area contributed by atoms with Crippen LogP contribution in [0.4, 0.5) is 17.6 Å². The molecule has 114 valence electrons. The molecule has 0 fully saturated rings. The fraction of sp³-hybridized carbons (Fsp3) is 0.231. The maximum absolute atomic E-state index is 12.8. The van der Waals surface area contributed by atoms with Crippen LogP contribution in [0.2, 0.25) is 0 Å². The summed E-state index contributed by atoms with van der Waals surface area (Å²) in [5.74, 6) is -4.53. The van der Waals surface area contributed by atoms with Gasteiger partial charge in [-0.3, -0.25) is 4.18 Å². The van der Waals surface area contributed by atoms with Crippen molar-refractivity contribution in [1.82, 2.24) is 0 Å². The Morgan fingerprint density at radius 3 is 2.33 bits per heavy atom. The lowest BCUT2D eigenvalue weighted by Crippen LogP contribution is -2.33. The smallest absolute Gasteiger partial charge is 0.260 e. The quantitative estimate of drug-likeness (QED) is 0.625. The second-order valence-corrected chi connectivity index (χ2v) is 5.84. The van der Waals surface area contributed by atoms with Crippen LogP contribution < -0.4 is 0 Å². The summed E-state index contributed by atoms with van der Waals surface area (Å²) in [7, 11) is -4.57. The van der Waals surface area contributed by atoms with Crippen molar-refractivity contribution >= 4 is 20.9 Å². The van der Waals surface area contributed by atoms with E-state index < -0.39 is 29.1 Å². The molecule has 0 aromatic heterocycles. The van der Waals surface area contributed by atoms with Gasteiger partial charge in [-0.25, -0.2) is 8.78 Å². The van der Waals surface area contributed by atoms with Crippen LogP contribution in [-0.2, 0) is 14.3 Å². The van der Waals surface area contributed by atoms with Gasteiger partial charge in [0.2, 0.25) is 0 Å². The van der Waals surface area contributed by atoms with Crippen LogP contribution in [0, 0.1) is 0 Å². The van der Waals surface area contributed by atoms with Crippen molar-refractivity contribution in [3.63, 3.8) is 0 Å². The summed E-state index contributed by atoms with van der Waals surface area (Å²) in [4.78, 5) is -0.342. The first kappa shape index (κ1) is 15.7. The molecule has 0 atom stereocenters. The summed E-state index contributed by atoms with van der Waals surface area (Å²) in [6.07, 6.45) is -4.00. The van der Waals surface area contributed by atoms with Crippen LogP contribution in [0.3, 0.4) is 0 Å². The Kier molecular flexibility index (Phi) is 4.20. The Morgan fingerprint density at radius 1 is 1.05 bits per heavy atom. The summed E-state index contributed by atoms with van der Waals surface area (Å²) < 4.78 is 77.5. The summed E-state index contributed by atoms with van der Waals surface area (Å²) >= 11 is 0. The van der Waals surface area contributed by atoms with Crippen molar-refractivity contribution < 1.29 is 30.2 Å². The van der Waals surface area contributed by atoms with Gasteiger partial charge in [-0.2, -0.15) is 17.2 Å². The number of rotatable bonds is 5. The molecule has 3 nitrogen and oxygen atoms in total. The van der Waals surface area contributed by atoms with Gasteiger partial charge in [-0.15, -0.1) is 0 Å². The van der Waals surface area contributed by atoms with E-state index in [0.29, 0.717) is 5.39 Å². The zero-order valence-corrected chi connectivity index (χ0v) is 11.3. The van der Waals surface area contributed by atoms with Gasteiger partial charge in [-0.1, -0.05) is 36.4 Å². The van der Waals surface area contributed by atoms with Crippen molar-refractivity contribution in [2.24, 2.45) is 0 Å². The van der Waals surface area contributed by atoms with Gasteiger partial charge >= 0.3 is 12.3 Å². The fourth-order valence-corrected chi connectivity index (χ4v) is 2.84. The van der Waals surface area contributed by atoms with Crippen molar-refractivity contribution in [2.75, 3.05) is 6.61 Å². The van der Waals surface area contributed by atoms with Crippen LogP contribution in [0.25, 0.3) is 10.8 Å². The first-order valence-electron chi connectivity index (χ1n) is 5.77. The molecule has 0 amide bonds. The van der Waals surface area contributed by atoms with E-state index in [-0.39, 0.29) is 10.3 Å². The van der Waals surface area contributed by atoms with Crippen LogP contribution in [-0.4, -0.2) is 27.4 Å². The van der Waals surface area contributed by atoms with Gasteiger partial charge in [0.1, 0.15) is 11.5 Å². The molecule has 0 bridgehead atoms. The molecule has 0 radical (unpaired) electrons. The number of alkyl halides is 4. The third kappa shape index (κ3) is 3.33. The fourth-order valence-electron chi connectivity index (χ4n) is 1.70. The number of hydrogen-bond donors (Lipinski definition) is 0. The van der Waals surface area contributed by atoms with Gasteiger partial charge in [0, 0.05) is 5.39 Å². The van der Waals surface area contributed by atoms with Crippen molar-refractivity contribution in [2.45, 2.75) is 17.2 Å². The Balaban J connectivity index is 2.35. The molecule has 0 spiro atoms. The molecule has 0 aliphatic heterocycles. The number of fused-ring (bicyclic) bond motifs is 1. The Bertz CT molecular complexity index is 739. The monoisotopic (exact) mass is 322 g/mol. The first-order valence-corrected chi connectivity index (χ1v) is 7.18. The van der Waals surface area contributed by atoms with Crippen LogP contribution in [0.5, 0.6) is 0 Å². The highest BCUT2D eigenvalue weighted by molar-refractivity contribution is 7.87. The lowest BCUT2D eigenvalue weighted by molar-refractivity contribution is -0.147. The third-order valence-electron chi connectivity index (χ3n) is 2.74. The van der Waals surface area contributed by atoms with Crippen LogP contribution in [0.1, 0.15) is 0 Å². The summed E-state index contributed by atoms with van der Waals surface area (Å²) in [6, 6.07) is 10.5. The molecule has 2 aromatic carbocycles. The zero-order chi connectivity index (χ0) is 15.7. The Labute approximate surface area is 118 Å². The maximum Gasteiger partial charge on any atom is 0.331 e. The van der Waals surface area contributed by atoms with Crippen LogP contribution in [0.15, 0.2) is 47.4 Å². The van der Waals surface area contributed by atoms with E-state index >= 15 is 0 Å². The molecule has 0 saturated heterocycles. The summed E-state index contributed by atoms with van der Waals surface area (Å²) in [5, 5.41) is 0.822. The third-order valence-corrected chi connectivity index (χ3v) is 4.07. The summed E-state index contributed by atoms with van der Waals surface area (Å²) in [5.41, 5.74) is 0. The van der Waals surface area contributed by atoms with E-state index in [1.165, 1.54) is 12.1 Å². The van der Waals surface area contributed by atoms with Gasteiger partial charge in [0.25, 0.3) is 10.1 Å². The largest absolute Gasteiger partial charge is 0.331 e. The molecule has 2 aromatic rings. The molecular weight excluding hydrogens is 312 g/mol.